The first-order valence-electron chi connectivity index (χ1n) is 9.92. The molecule has 0 bridgehead atoms. The fourth-order valence-electron chi connectivity index (χ4n) is 3.53. The molecule has 8 nitrogen and oxygen atoms in total. The van der Waals surface area contributed by atoms with Gasteiger partial charge in [0.2, 0.25) is 5.91 Å². The Bertz CT molecular complexity index is 1080. The highest BCUT2D eigenvalue weighted by Gasteiger charge is 2.23. The minimum atomic E-state index is -0.0703. The summed E-state index contributed by atoms with van der Waals surface area (Å²) in [4.78, 5) is 44.4. The summed E-state index contributed by atoms with van der Waals surface area (Å²) in [5.41, 5.74) is 4.97. The van der Waals surface area contributed by atoms with Crippen LogP contribution < -0.4 is 0 Å². The standard InChI is InChI=1S/C22H24N6O2/c1-14-15(2)26-21(25-14)20-11-17(4-5-24-20)18-10-19(13-23-12-18)22(30)28-8-6-27(7-9-28)16(3)29/h4-5,10-13H,6-9H2,1-3H3,(H,25,26). The number of hydrogen-bond donors (Lipinski definition) is 1. The van der Waals surface area contributed by atoms with E-state index in [1.807, 2.05) is 32.0 Å². The normalized spacial score (nSPS) is 14.1. The molecule has 1 aliphatic heterocycles. The van der Waals surface area contributed by atoms with Gasteiger partial charge in [-0.25, -0.2) is 4.98 Å². The molecule has 8 heteroatoms. The Morgan fingerprint density at radius 2 is 1.73 bits per heavy atom. The zero-order valence-corrected chi connectivity index (χ0v) is 17.3. The van der Waals surface area contributed by atoms with Crippen LogP contribution >= 0.6 is 0 Å². The fourth-order valence-corrected chi connectivity index (χ4v) is 3.53. The predicted octanol–water partition coefficient (Wildman–Crippen LogP) is 2.45. The average molecular weight is 404 g/mol. The lowest BCUT2D eigenvalue weighted by Crippen LogP contribution is -2.50. The summed E-state index contributed by atoms with van der Waals surface area (Å²) in [6, 6.07) is 5.68. The van der Waals surface area contributed by atoms with Crippen LogP contribution in [0.25, 0.3) is 22.6 Å². The molecule has 4 rings (SSSR count). The van der Waals surface area contributed by atoms with Gasteiger partial charge in [0.1, 0.15) is 5.69 Å². The highest BCUT2D eigenvalue weighted by atomic mass is 16.2. The Kier molecular flexibility index (Phi) is 5.31. The van der Waals surface area contributed by atoms with E-state index in [0.29, 0.717) is 31.7 Å². The van der Waals surface area contributed by atoms with E-state index >= 15 is 0 Å². The van der Waals surface area contributed by atoms with Crippen molar-refractivity contribution >= 4 is 11.8 Å². The minimum Gasteiger partial charge on any atom is -0.341 e. The summed E-state index contributed by atoms with van der Waals surface area (Å²) >= 11 is 0. The van der Waals surface area contributed by atoms with E-state index in [2.05, 4.69) is 19.9 Å². The maximum atomic E-state index is 12.9. The first-order chi connectivity index (χ1) is 14.4. The van der Waals surface area contributed by atoms with E-state index in [-0.39, 0.29) is 11.8 Å². The molecule has 3 aromatic rings. The lowest BCUT2D eigenvalue weighted by atomic mass is 10.1. The zero-order chi connectivity index (χ0) is 21.3. The molecule has 1 aliphatic rings. The lowest BCUT2D eigenvalue weighted by Gasteiger charge is -2.34. The van der Waals surface area contributed by atoms with Crippen molar-refractivity contribution in [1.29, 1.82) is 0 Å². The van der Waals surface area contributed by atoms with E-state index in [1.165, 1.54) is 0 Å². The zero-order valence-electron chi connectivity index (χ0n) is 17.3. The number of pyridine rings is 2. The van der Waals surface area contributed by atoms with Gasteiger partial charge in [0, 0.05) is 63.0 Å². The van der Waals surface area contributed by atoms with Crippen LogP contribution in [0.1, 0.15) is 28.7 Å². The topological polar surface area (TPSA) is 95.1 Å². The minimum absolute atomic E-state index is 0.0428. The molecule has 0 unspecified atom stereocenters. The number of rotatable bonds is 3. The van der Waals surface area contributed by atoms with Gasteiger partial charge in [-0.1, -0.05) is 0 Å². The van der Waals surface area contributed by atoms with Gasteiger partial charge in [0.25, 0.3) is 5.91 Å². The van der Waals surface area contributed by atoms with Gasteiger partial charge in [-0.3, -0.25) is 19.6 Å². The number of H-pyrrole nitrogens is 1. The van der Waals surface area contributed by atoms with Crippen molar-refractivity contribution in [2.45, 2.75) is 20.8 Å². The van der Waals surface area contributed by atoms with Gasteiger partial charge < -0.3 is 14.8 Å². The summed E-state index contributed by atoms with van der Waals surface area (Å²) in [6.45, 7) is 7.66. The van der Waals surface area contributed by atoms with Crippen molar-refractivity contribution in [2.75, 3.05) is 26.2 Å². The van der Waals surface area contributed by atoms with E-state index < -0.39 is 0 Å². The third-order valence-corrected chi connectivity index (χ3v) is 5.46. The van der Waals surface area contributed by atoms with Gasteiger partial charge in [-0.2, -0.15) is 0 Å². The van der Waals surface area contributed by atoms with Gasteiger partial charge in [-0.05, 0) is 37.6 Å². The van der Waals surface area contributed by atoms with Crippen LogP contribution in [0.15, 0.2) is 36.8 Å². The molecule has 0 saturated carbocycles. The third kappa shape index (κ3) is 3.94. The molecule has 1 saturated heterocycles. The van der Waals surface area contributed by atoms with Crippen molar-refractivity contribution in [2.24, 2.45) is 0 Å². The number of nitrogens with one attached hydrogen (secondary N) is 1. The largest absolute Gasteiger partial charge is 0.341 e. The van der Waals surface area contributed by atoms with Gasteiger partial charge >= 0.3 is 0 Å². The second kappa shape index (κ2) is 8.06. The Balaban J connectivity index is 1.56. The Morgan fingerprint density at radius 3 is 2.40 bits per heavy atom. The van der Waals surface area contributed by atoms with E-state index in [4.69, 9.17) is 0 Å². The van der Waals surface area contributed by atoms with E-state index in [0.717, 1.165) is 34.0 Å². The molecule has 154 valence electrons. The summed E-state index contributed by atoms with van der Waals surface area (Å²) in [5.74, 6) is 0.690. The molecular weight excluding hydrogens is 380 g/mol. The first kappa shape index (κ1) is 19.8. The van der Waals surface area contributed by atoms with Gasteiger partial charge in [-0.15, -0.1) is 0 Å². The van der Waals surface area contributed by atoms with Crippen LogP contribution in [-0.4, -0.2) is 67.7 Å². The second-order valence-electron chi connectivity index (χ2n) is 7.49. The predicted molar refractivity (Wildman–Crippen MR) is 113 cm³/mol. The molecule has 0 aromatic carbocycles. The highest BCUT2D eigenvalue weighted by molar-refractivity contribution is 5.95. The number of imidazole rings is 1. The molecule has 30 heavy (non-hydrogen) atoms. The molecular formula is C22H24N6O2. The molecule has 2 amide bonds. The number of amides is 2. The van der Waals surface area contributed by atoms with Crippen LogP contribution in [-0.2, 0) is 4.79 Å². The first-order valence-corrected chi connectivity index (χ1v) is 9.92. The van der Waals surface area contributed by atoms with Crippen LogP contribution in [0.2, 0.25) is 0 Å². The van der Waals surface area contributed by atoms with Gasteiger partial charge in [0.15, 0.2) is 5.82 Å². The Hall–Kier alpha value is -3.55. The molecule has 1 N–H and O–H groups in total. The van der Waals surface area contributed by atoms with Crippen molar-refractivity contribution in [3.63, 3.8) is 0 Å². The van der Waals surface area contributed by atoms with Crippen molar-refractivity contribution < 1.29 is 9.59 Å². The number of carbonyl (C=O) groups excluding carboxylic acids is 2. The number of aromatic nitrogens is 4. The molecule has 0 radical (unpaired) electrons. The van der Waals surface area contributed by atoms with Crippen LogP contribution in [0.4, 0.5) is 0 Å². The Labute approximate surface area is 175 Å². The fraction of sp³-hybridized carbons (Fsp3) is 0.318. The lowest BCUT2D eigenvalue weighted by molar-refractivity contribution is -0.130. The highest BCUT2D eigenvalue weighted by Crippen LogP contribution is 2.24. The molecule has 4 heterocycles. The smallest absolute Gasteiger partial charge is 0.255 e. The van der Waals surface area contributed by atoms with Crippen LogP contribution in [0.3, 0.4) is 0 Å². The van der Waals surface area contributed by atoms with E-state index in [9.17, 15) is 9.59 Å². The molecule has 0 atom stereocenters. The number of aromatic amines is 1. The van der Waals surface area contributed by atoms with Crippen LogP contribution in [0.5, 0.6) is 0 Å². The SMILES string of the molecule is CC(=O)N1CCN(C(=O)c2cncc(-c3ccnc(-c4nc(C)c(C)[nH]4)c3)c2)CC1. The summed E-state index contributed by atoms with van der Waals surface area (Å²) in [5, 5.41) is 0. The summed E-state index contributed by atoms with van der Waals surface area (Å²) < 4.78 is 0. The number of nitrogens with zero attached hydrogens (tertiary/aromatic N) is 5. The molecule has 3 aromatic heterocycles. The summed E-state index contributed by atoms with van der Waals surface area (Å²) in [6.07, 6.45) is 5.06. The molecule has 0 aliphatic carbocycles. The number of hydrogen-bond acceptors (Lipinski definition) is 5. The third-order valence-electron chi connectivity index (χ3n) is 5.46. The van der Waals surface area contributed by atoms with Crippen molar-refractivity contribution in [3.05, 3.63) is 53.7 Å². The van der Waals surface area contributed by atoms with Crippen LogP contribution in [0, 0.1) is 13.8 Å². The average Bonchev–Trinajstić information content (AvgIpc) is 3.12. The van der Waals surface area contributed by atoms with Crippen molar-refractivity contribution in [3.8, 4) is 22.6 Å². The monoisotopic (exact) mass is 404 g/mol. The second-order valence-corrected chi connectivity index (χ2v) is 7.49. The maximum absolute atomic E-state index is 12.9. The van der Waals surface area contributed by atoms with Gasteiger partial charge in [0.05, 0.1) is 11.3 Å². The maximum Gasteiger partial charge on any atom is 0.255 e. The van der Waals surface area contributed by atoms with E-state index in [1.54, 1.807) is 35.3 Å². The van der Waals surface area contributed by atoms with Crippen molar-refractivity contribution in [1.82, 2.24) is 29.7 Å². The number of carbonyl (C=O) groups is 2. The summed E-state index contributed by atoms with van der Waals surface area (Å²) in [7, 11) is 0. The Morgan fingerprint density at radius 1 is 1.00 bits per heavy atom. The molecule has 0 spiro atoms. The quantitative estimate of drug-likeness (QED) is 0.724. The number of piperazine rings is 1. The molecule has 1 fully saturated rings. The number of aryl methyl sites for hydroxylation is 2.